The van der Waals surface area contributed by atoms with Crippen LogP contribution in [0.25, 0.3) is 6.08 Å². The minimum Gasteiger partial charge on any atom is -0.504 e. The molecule has 2 aromatic rings. The first-order valence-electron chi connectivity index (χ1n) is 7.42. The molecular formula is C18H14O8. The van der Waals surface area contributed by atoms with Gasteiger partial charge in [0.15, 0.2) is 23.0 Å². The third-order valence-electron chi connectivity index (χ3n) is 3.53. The number of esters is 1. The molecule has 0 spiro atoms. The lowest BCUT2D eigenvalue weighted by Gasteiger charge is -2.07. The van der Waals surface area contributed by atoms with Crippen molar-refractivity contribution in [2.45, 2.75) is 0 Å². The lowest BCUT2D eigenvalue weighted by atomic mass is 10.1. The monoisotopic (exact) mass is 358 g/mol. The lowest BCUT2D eigenvalue weighted by Crippen LogP contribution is -2.08. The predicted molar refractivity (Wildman–Crippen MR) is 88.9 cm³/mol. The first-order chi connectivity index (χ1) is 12.5. The first kappa shape index (κ1) is 17.2. The second-order valence-corrected chi connectivity index (χ2v) is 5.19. The quantitative estimate of drug-likeness (QED) is 0.476. The number of carboxylic acid groups (broad SMARTS) is 1. The number of methoxy groups -OCH3 is 1. The molecular weight excluding hydrogens is 344 g/mol. The summed E-state index contributed by atoms with van der Waals surface area (Å²) in [6, 6.07) is 7.06. The van der Waals surface area contributed by atoms with Crippen molar-refractivity contribution in [2.75, 3.05) is 13.9 Å². The number of hydrogen-bond acceptors (Lipinski definition) is 7. The Morgan fingerprint density at radius 1 is 1.12 bits per heavy atom. The Morgan fingerprint density at radius 3 is 2.54 bits per heavy atom. The number of ether oxygens (including phenoxy) is 4. The minimum absolute atomic E-state index is 0.0290. The Labute approximate surface area is 147 Å². The summed E-state index contributed by atoms with van der Waals surface area (Å²) in [6.45, 7) is -0.0334. The number of carbonyl (C=O) groups is 2. The smallest absolute Gasteiger partial charge is 0.339 e. The van der Waals surface area contributed by atoms with Crippen LogP contribution in [0, 0.1) is 0 Å². The molecule has 0 fully saturated rings. The van der Waals surface area contributed by atoms with Gasteiger partial charge < -0.3 is 29.2 Å². The van der Waals surface area contributed by atoms with Crippen molar-refractivity contribution < 1.29 is 38.7 Å². The molecule has 2 aromatic carbocycles. The highest BCUT2D eigenvalue weighted by Crippen LogP contribution is 2.38. The number of aromatic hydroxyl groups is 1. The Hall–Kier alpha value is -3.68. The van der Waals surface area contributed by atoms with E-state index < -0.39 is 11.9 Å². The molecule has 0 aliphatic carbocycles. The molecule has 0 unspecified atom stereocenters. The van der Waals surface area contributed by atoms with Crippen molar-refractivity contribution in [3.8, 4) is 28.7 Å². The average Bonchev–Trinajstić information content (AvgIpc) is 3.07. The van der Waals surface area contributed by atoms with Gasteiger partial charge in [-0.2, -0.15) is 0 Å². The van der Waals surface area contributed by atoms with Crippen LogP contribution < -0.4 is 18.9 Å². The Bertz CT molecular complexity index is 900. The third-order valence-corrected chi connectivity index (χ3v) is 3.53. The van der Waals surface area contributed by atoms with Crippen LogP contribution in [0.5, 0.6) is 28.7 Å². The van der Waals surface area contributed by atoms with Gasteiger partial charge in [-0.15, -0.1) is 0 Å². The Balaban J connectivity index is 1.79. The molecule has 134 valence electrons. The zero-order valence-corrected chi connectivity index (χ0v) is 13.6. The molecule has 0 saturated carbocycles. The SMILES string of the molecule is COc1cc(/C=C/C(=O)Oc2cc3c(cc2C(=O)O)OCO3)ccc1O. The van der Waals surface area contributed by atoms with Gasteiger partial charge in [0.2, 0.25) is 6.79 Å². The van der Waals surface area contributed by atoms with Gasteiger partial charge in [0.1, 0.15) is 11.3 Å². The van der Waals surface area contributed by atoms with Crippen LogP contribution in [0.1, 0.15) is 15.9 Å². The Kier molecular flexibility index (Phi) is 4.66. The van der Waals surface area contributed by atoms with Gasteiger partial charge >= 0.3 is 11.9 Å². The normalized spacial score (nSPS) is 12.2. The van der Waals surface area contributed by atoms with Crippen LogP contribution in [0.2, 0.25) is 0 Å². The maximum atomic E-state index is 12.0. The molecule has 1 aliphatic heterocycles. The van der Waals surface area contributed by atoms with E-state index in [1.807, 2.05) is 0 Å². The van der Waals surface area contributed by atoms with Crippen molar-refractivity contribution in [3.05, 3.63) is 47.5 Å². The number of carbonyl (C=O) groups excluding carboxylic acids is 1. The molecule has 8 nitrogen and oxygen atoms in total. The van der Waals surface area contributed by atoms with Gasteiger partial charge in [0.05, 0.1) is 7.11 Å². The number of phenols is 1. The van der Waals surface area contributed by atoms with E-state index in [2.05, 4.69) is 0 Å². The second kappa shape index (κ2) is 7.06. The summed E-state index contributed by atoms with van der Waals surface area (Å²) in [5.74, 6) is -1.40. The maximum Gasteiger partial charge on any atom is 0.339 e. The summed E-state index contributed by atoms with van der Waals surface area (Å²) < 4.78 is 20.4. The molecule has 0 atom stereocenters. The zero-order valence-electron chi connectivity index (χ0n) is 13.6. The second-order valence-electron chi connectivity index (χ2n) is 5.19. The summed E-state index contributed by atoms with van der Waals surface area (Å²) in [4.78, 5) is 23.4. The molecule has 1 heterocycles. The molecule has 2 N–H and O–H groups in total. The molecule has 0 aromatic heterocycles. The summed E-state index contributed by atoms with van der Waals surface area (Å²) in [6.07, 6.45) is 2.57. The van der Waals surface area contributed by atoms with E-state index >= 15 is 0 Å². The third kappa shape index (κ3) is 3.54. The average molecular weight is 358 g/mol. The fraction of sp³-hybridized carbons (Fsp3) is 0.111. The lowest BCUT2D eigenvalue weighted by molar-refractivity contribution is -0.128. The number of benzene rings is 2. The molecule has 0 bridgehead atoms. The van der Waals surface area contributed by atoms with Crippen LogP contribution in [-0.4, -0.2) is 36.1 Å². The van der Waals surface area contributed by atoms with Gasteiger partial charge in [-0.3, -0.25) is 0 Å². The van der Waals surface area contributed by atoms with E-state index in [1.165, 1.54) is 37.5 Å². The number of phenolic OH excluding ortho intramolecular Hbond substituents is 1. The van der Waals surface area contributed by atoms with Crippen LogP contribution in [0.4, 0.5) is 0 Å². The number of aromatic carboxylic acids is 1. The van der Waals surface area contributed by atoms with Crippen molar-refractivity contribution in [1.29, 1.82) is 0 Å². The van der Waals surface area contributed by atoms with Gasteiger partial charge in [-0.1, -0.05) is 6.07 Å². The fourth-order valence-electron chi connectivity index (χ4n) is 2.28. The van der Waals surface area contributed by atoms with Crippen LogP contribution >= 0.6 is 0 Å². The van der Waals surface area contributed by atoms with Crippen LogP contribution in [-0.2, 0) is 4.79 Å². The molecule has 0 amide bonds. The zero-order chi connectivity index (χ0) is 18.7. The van der Waals surface area contributed by atoms with Crippen molar-refractivity contribution >= 4 is 18.0 Å². The largest absolute Gasteiger partial charge is 0.504 e. The van der Waals surface area contributed by atoms with E-state index in [-0.39, 0.29) is 35.4 Å². The van der Waals surface area contributed by atoms with Gasteiger partial charge in [0.25, 0.3) is 0 Å². The van der Waals surface area contributed by atoms with Gasteiger partial charge in [-0.05, 0) is 23.8 Å². The number of carboxylic acids is 1. The summed E-state index contributed by atoms with van der Waals surface area (Å²) in [7, 11) is 1.41. The summed E-state index contributed by atoms with van der Waals surface area (Å²) >= 11 is 0. The predicted octanol–water partition coefficient (Wildman–Crippen LogP) is 2.45. The highest BCUT2D eigenvalue weighted by molar-refractivity contribution is 5.95. The van der Waals surface area contributed by atoms with E-state index in [0.29, 0.717) is 11.3 Å². The van der Waals surface area contributed by atoms with Crippen molar-refractivity contribution in [2.24, 2.45) is 0 Å². The first-order valence-corrected chi connectivity index (χ1v) is 7.42. The van der Waals surface area contributed by atoms with E-state index in [9.17, 15) is 19.8 Å². The van der Waals surface area contributed by atoms with Gasteiger partial charge in [0, 0.05) is 18.2 Å². The molecule has 1 aliphatic rings. The summed E-state index contributed by atoms with van der Waals surface area (Å²) in [5.41, 5.74) is 0.364. The Morgan fingerprint density at radius 2 is 1.85 bits per heavy atom. The van der Waals surface area contributed by atoms with E-state index in [4.69, 9.17) is 18.9 Å². The number of fused-ring (bicyclic) bond motifs is 1. The maximum absolute atomic E-state index is 12.0. The van der Waals surface area contributed by atoms with E-state index in [0.717, 1.165) is 6.08 Å². The van der Waals surface area contributed by atoms with Crippen molar-refractivity contribution in [1.82, 2.24) is 0 Å². The minimum atomic E-state index is -1.27. The molecule has 8 heteroatoms. The van der Waals surface area contributed by atoms with Crippen LogP contribution in [0.3, 0.4) is 0 Å². The number of rotatable bonds is 5. The molecule has 0 radical (unpaired) electrons. The standard InChI is InChI=1S/C18H14O8/c1-23-14-6-10(2-4-12(14)19)3-5-17(20)26-13-8-16-15(24-9-25-16)7-11(13)18(21)22/h2-8,19H,9H2,1H3,(H,21,22)/b5-3+. The molecule has 26 heavy (non-hydrogen) atoms. The topological polar surface area (TPSA) is 112 Å². The highest BCUT2D eigenvalue weighted by Gasteiger charge is 2.22. The molecule has 0 saturated heterocycles. The fourth-order valence-corrected chi connectivity index (χ4v) is 2.28. The highest BCUT2D eigenvalue weighted by atomic mass is 16.7. The molecule has 3 rings (SSSR count). The van der Waals surface area contributed by atoms with Crippen molar-refractivity contribution in [3.63, 3.8) is 0 Å². The van der Waals surface area contributed by atoms with Gasteiger partial charge in [-0.25, -0.2) is 9.59 Å². The van der Waals surface area contributed by atoms with Crippen LogP contribution in [0.15, 0.2) is 36.4 Å². The van der Waals surface area contributed by atoms with E-state index in [1.54, 1.807) is 6.07 Å². The summed E-state index contributed by atoms with van der Waals surface area (Å²) in [5, 5.41) is 18.8. The number of hydrogen-bond donors (Lipinski definition) is 2.